The Labute approximate surface area is 182 Å². The van der Waals surface area contributed by atoms with Crippen LogP contribution in [0.15, 0.2) is 28.8 Å². The molecule has 1 aliphatic rings. The smallest absolute Gasteiger partial charge is 0.410 e. The van der Waals surface area contributed by atoms with Crippen molar-refractivity contribution in [3.63, 3.8) is 0 Å². The Hall–Kier alpha value is -3.50. The van der Waals surface area contributed by atoms with E-state index in [1.54, 1.807) is 20.8 Å². The molecule has 2 aromatic rings. The summed E-state index contributed by atoms with van der Waals surface area (Å²) < 4.78 is 37.3. The molecule has 1 saturated heterocycles. The fourth-order valence-electron chi connectivity index (χ4n) is 3.31. The number of hydrogen-bond acceptors (Lipinski definition) is 6. The lowest BCUT2D eigenvalue weighted by atomic mass is 9.92. The predicted octanol–water partition coefficient (Wildman–Crippen LogP) is 3.06. The molecule has 32 heavy (non-hydrogen) atoms. The number of carboxylic acids is 1. The molecule has 11 heteroatoms. The van der Waals surface area contributed by atoms with E-state index in [0.717, 1.165) is 12.1 Å². The Morgan fingerprint density at radius 2 is 1.97 bits per heavy atom. The Kier molecular flexibility index (Phi) is 6.47. The monoisotopic (exact) mass is 451 g/mol. The zero-order valence-corrected chi connectivity index (χ0v) is 17.7. The second kappa shape index (κ2) is 8.93. The van der Waals surface area contributed by atoms with Crippen LogP contribution in [0.25, 0.3) is 11.3 Å². The number of aromatic nitrogens is 1. The highest BCUT2D eigenvalue weighted by Crippen LogP contribution is 2.25. The zero-order valence-electron chi connectivity index (χ0n) is 17.7. The number of benzene rings is 1. The number of amides is 2. The Balaban J connectivity index is 1.69. The van der Waals surface area contributed by atoms with Crippen molar-refractivity contribution >= 4 is 18.0 Å². The number of rotatable bonds is 4. The highest BCUT2D eigenvalue weighted by atomic mass is 19.1. The Bertz CT molecular complexity index is 1030. The molecule has 172 valence electrons. The molecule has 3 rings (SSSR count). The number of halogens is 2. The maximum Gasteiger partial charge on any atom is 0.410 e. The van der Waals surface area contributed by atoms with E-state index >= 15 is 0 Å². The summed E-state index contributed by atoms with van der Waals surface area (Å²) in [5.41, 5.74) is -0.996. The molecule has 2 unspecified atom stereocenters. The number of piperidine rings is 1. The van der Waals surface area contributed by atoms with Crippen molar-refractivity contribution < 1.29 is 37.5 Å². The molecule has 2 amide bonds. The lowest BCUT2D eigenvalue weighted by Crippen LogP contribution is -2.55. The van der Waals surface area contributed by atoms with Crippen LogP contribution in [-0.4, -0.2) is 57.9 Å². The summed E-state index contributed by atoms with van der Waals surface area (Å²) in [5.74, 6) is -4.69. The number of carbonyl (C=O) groups is 3. The molecule has 0 saturated carbocycles. The molecule has 2 N–H and O–H groups in total. The second-order valence-electron chi connectivity index (χ2n) is 8.44. The average molecular weight is 451 g/mol. The van der Waals surface area contributed by atoms with Gasteiger partial charge in [-0.3, -0.25) is 9.59 Å². The summed E-state index contributed by atoms with van der Waals surface area (Å²) in [4.78, 5) is 37.9. The van der Waals surface area contributed by atoms with E-state index in [1.165, 1.54) is 11.0 Å². The molecule has 2 atom stereocenters. The van der Waals surface area contributed by atoms with E-state index in [0.29, 0.717) is 6.07 Å². The van der Waals surface area contributed by atoms with Gasteiger partial charge in [0.1, 0.15) is 17.2 Å². The van der Waals surface area contributed by atoms with E-state index in [9.17, 15) is 28.3 Å². The molecule has 1 aliphatic heterocycles. The van der Waals surface area contributed by atoms with E-state index < -0.39 is 47.2 Å². The third-order valence-corrected chi connectivity index (χ3v) is 4.84. The molecule has 9 nitrogen and oxygen atoms in total. The first-order valence-electron chi connectivity index (χ1n) is 9.88. The van der Waals surface area contributed by atoms with Gasteiger partial charge in [-0.2, -0.15) is 0 Å². The van der Waals surface area contributed by atoms with Crippen molar-refractivity contribution in [2.45, 2.75) is 38.8 Å². The van der Waals surface area contributed by atoms with Gasteiger partial charge in [-0.1, -0.05) is 5.16 Å². The van der Waals surface area contributed by atoms with Crippen LogP contribution in [0.1, 0.15) is 37.7 Å². The maximum absolute atomic E-state index is 13.9. The van der Waals surface area contributed by atoms with Crippen molar-refractivity contribution in [2.75, 3.05) is 13.1 Å². The topological polar surface area (TPSA) is 122 Å². The standard InChI is InChI=1S/C21H23F2N3O6/c1-21(2,3)31-20(30)26-7-6-15(13(10-26)19(28)29)24-18(27)16-9-17(32-25-16)12-5-4-11(22)8-14(12)23/h4-5,8-9,13,15H,6-7,10H2,1-3H3,(H,24,27)(H,28,29). The van der Waals surface area contributed by atoms with Gasteiger partial charge in [0.05, 0.1) is 11.5 Å². The number of likely N-dealkylation sites (tertiary alicyclic amines) is 1. The predicted molar refractivity (Wildman–Crippen MR) is 107 cm³/mol. The molecular weight excluding hydrogens is 428 g/mol. The third-order valence-electron chi connectivity index (χ3n) is 4.84. The summed E-state index contributed by atoms with van der Waals surface area (Å²) in [7, 11) is 0. The van der Waals surface area contributed by atoms with Gasteiger partial charge in [-0.05, 0) is 39.3 Å². The van der Waals surface area contributed by atoms with Gasteiger partial charge in [0.25, 0.3) is 5.91 Å². The van der Waals surface area contributed by atoms with E-state index in [2.05, 4.69) is 10.5 Å². The molecular formula is C21H23F2N3O6. The lowest BCUT2D eigenvalue weighted by molar-refractivity contribution is -0.144. The first-order chi connectivity index (χ1) is 14.9. The van der Waals surface area contributed by atoms with E-state index in [-0.39, 0.29) is 36.5 Å². The normalized spacial score (nSPS) is 18.8. The van der Waals surface area contributed by atoms with Crippen LogP contribution >= 0.6 is 0 Å². The van der Waals surface area contributed by atoms with Crippen molar-refractivity contribution in [2.24, 2.45) is 5.92 Å². The number of aliphatic carboxylic acids is 1. The van der Waals surface area contributed by atoms with Crippen molar-refractivity contribution in [1.29, 1.82) is 0 Å². The molecule has 1 aromatic heterocycles. The lowest BCUT2D eigenvalue weighted by Gasteiger charge is -2.37. The van der Waals surface area contributed by atoms with Crippen LogP contribution in [0.2, 0.25) is 0 Å². The van der Waals surface area contributed by atoms with Crippen LogP contribution in [0, 0.1) is 17.6 Å². The number of hydrogen-bond donors (Lipinski definition) is 2. The summed E-state index contributed by atoms with van der Waals surface area (Å²) in [6, 6.07) is 3.27. The minimum atomic E-state index is -1.18. The number of carboxylic acid groups (broad SMARTS) is 1. The van der Waals surface area contributed by atoms with Gasteiger partial charge in [0.15, 0.2) is 11.5 Å². The van der Waals surface area contributed by atoms with Gasteiger partial charge in [0, 0.05) is 31.3 Å². The maximum atomic E-state index is 13.9. The minimum absolute atomic E-state index is 0.0768. The van der Waals surface area contributed by atoms with Gasteiger partial charge in [-0.25, -0.2) is 13.6 Å². The van der Waals surface area contributed by atoms with Gasteiger partial charge < -0.3 is 24.6 Å². The fourth-order valence-corrected chi connectivity index (χ4v) is 3.31. The molecule has 0 bridgehead atoms. The van der Waals surface area contributed by atoms with E-state index in [4.69, 9.17) is 9.26 Å². The summed E-state index contributed by atoms with van der Waals surface area (Å²) in [5, 5.41) is 15.8. The van der Waals surface area contributed by atoms with Crippen LogP contribution < -0.4 is 5.32 Å². The first kappa shape index (κ1) is 23.2. The fraction of sp³-hybridized carbons (Fsp3) is 0.429. The average Bonchev–Trinajstić information content (AvgIpc) is 3.16. The van der Waals surface area contributed by atoms with Gasteiger partial charge in [-0.15, -0.1) is 0 Å². The molecule has 0 radical (unpaired) electrons. The van der Waals surface area contributed by atoms with Gasteiger partial charge >= 0.3 is 12.1 Å². The molecule has 1 fully saturated rings. The quantitative estimate of drug-likeness (QED) is 0.733. The molecule has 2 heterocycles. The van der Waals surface area contributed by atoms with Crippen molar-refractivity contribution in [3.05, 3.63) is 41.6 Å². The summed E-state index contributed by atoms with van der Waals surface area (Å²) in [6.07, 6.45) is -0.449. The van der Waals surface area contributed by atoms with Crippen molar-refractivity contribution in [1.82, 2.24) is 15.4 Å². The van der Waals surface area contributed by atoms with Crippen LogP contribution in [0.4, 0.5) is 13.6 Å². The van der Waals surface area contributed by atoms with Crippen LogP contribution in [-0.2, 0) is 9.53 Å². The zero-order chi connectivity index (χ0) is 23.6. The second-order valence-corrected chi connectivity index (χ2v) is 8.44. The minimum Gasteiger partial charge on any atom is -0.481 e. The number of ether oxygens (including phenoxy) is 1. The first-order valence-corrected chi connectivity index (χ1v) is 9.88. The number of nitrogens with one attached hydrogen (secondary N) is 1. The Morgan fingerprint density at radius 3 is 2.59 bits per heavy atom. The van der Waals surface area contributed by atoms with Crippen LogP contribution in [0.3, 0.4) is 0 Å². The summed E-state index contributed by atoms with van der Waals surface area (Å²) >= 11 is 0. The SMILES string of the molecule is CC(C)(C)OC(=O)N1CCC(NC(=O)c2cc(-c3ccc(F)cc3F)on2)C(C(=O)O)C1. The molecule has 0 aliphatic carbocycles. The highest BCUT2D eigenvalue weighted by molar-refractivity contribution is 5.93. The number of nitrogens with zero attached hydrogens (tertiary/aromatic N) is 2. The third kappa shape index (κ3) is 5.40. The molecule has 0 spiro atoms. The molecule has 1 aromatic carbocycles. The van der Waals surface area contributed by atoms with Crippen LogP contribution in [0.5, 0.6) is 0 Å². The number of carbonyl (C=O) groups excluding carboxylic acids is 2. The van der Waals surface area contributed by atoms with E-state index in [1.807, 2.05) is 0 Å². The Morgan fingerprint density at radius 1 is 1.25 bits per heavy atom. The van der Waals surface area contributed by atoms with Gasteiger partial charge in [0.2, 0.25) is 0 Å². The highest BCUT2D eigenvalue weighted by Gasteiger charge is 2.38. The van der Waals surface area contributed by atoms with Crippen molar-refractivity contribution in [3.8, 4) is 11.3 Å². The summed E-state index contributed by atoms with van der Waals surface area (Å²) in [6.45, 7) is 5.16. The largest absolute Gasteiger partial charge is 0.481 e.